The zero-order valence-corrected chi connectivity index (χ0v) is 13.7. The molecule has 0 saturated carbocycles. The first-order valence-corrected chi connectivity index (χ1v) is 7.89. The number of rotatable bonds is 10. The monoisotopic (exact) mass is 301 g/mol. The standard InChI is InChI=1S/C15H31N3O3/c1-13(15(19)17-7-11-21-3)18-8-4-14(5-9-18)12-16-6-10-20-2/h13-14,16H,4-12H2,1-3H3,(H,17,19). The van der Waals surface area contributed by atoms with Gasteiger partial charge in [0.25, 0.3) is 0 Å². The highest BCUT2D eigenvalue weighted by molar-refractivity contribution is 5.81. The summed E-state index contributed by atoms with van der Waals surface area (Å²) in [6.07, 6.45) is 2.30. The molecule has 21 heavy (non-hydrogen) atoms. The number of hydrogen-bond donors (Lipinski definition) is 2. The predicted octanol–water partition coefficient (Wildman–Crippen LogP) is 0.0855. The van der Waals surface area contributed by atoms with Crippen molar-refractivity contribution in [3.8, 4) is 0 Å². The Morgan fingerprint density at radius 2 is 1.81 bits per heavy atom. The Labute approximate surface area is 128 Å². The van der Waals surface area contributed by atoms with Gasteiger partial charge in [-0.3, -0.25) is 9.69 Å². The van der Waals surface area contributed by atoms with Gasteiger partial charge in [-0.2, -0.15) is 0 Å². The smallest absolute Gasteiger partial charge is 0.237 e. The van der Waals surface area contributed by atoms with Crippen LogP contribution in [-0.2, 0) is 14.3 Å². The van der Waals surface area contributed by atoms with Gasteiger partial charge in [0.05, 0.1) is 19.3 Å². The second-order valence-corrected chi connectivity index (χ2v) is 5.64. The normalized spacial score (nSPS) is 18.6. The largest absolute Gasteiger partial charge is 0.383 e. The number of amides is 1. The molecule has 1 aliphatic heterocycles. The number of carbonyl (C=O) groups is 1. The van der Waals surface area contributed by atoms with Crippen LogP contribution in [0.15, 0.2) is 0 Å². The molecule has 1 fully saturated rings. The van der Waals surface area contributed by atoms with Gasteiger partial charge in [0.2, 0.25) is 5.91 Å². The zero-order chi connectivity index (χ0) is 15.5. The molecule has 1 saturated heterocycles. The van der Waals surface area contributed by atoms with Crippen molar-refractivity contribution in [1.29, 1.82) is 0 Å². The number of piperidine rings is 1. The summed E-state index contributed by atoms with van der Waals surface area (Å²) in [6.45, 7) is 7.84. The summed E-state index contributed by atoms with van der Waals surface area (Å²) < 4.78 is 9.96. The first-order valence-electron chi connectivity index (χ1n) is 7.89. The SMILES string of the molecule is COCCNCC1CCN(C(C)C(=O)NCCOC)CC1. The Morgan fingerprint density at radius 1 is 1.19 bits per heavy atom. The highest BCUT2D eigenvalue weighted by Gasteiger charge is 2.26. The van der Waals surface area contributed by atoms with Crippen molar-refractivity contribution in [3.05, 3.63) is 0 Å². The van der Waals surface area contributed by atoms with E-state index in [2.05, 4.69) is 15.5 Å². The summed E-state index contributed by atoms with van der Waals surface area (Å²) in [5.41, 5.74) is 0. The third-order valence-electron chi connectivity index (χ3n) is 4.10. The Kier molecular flexibility index (Phi) is 9.58. The molecule has 0 aromatic rings. The van der Waals surface area contributed by atoms with Crippen LogP contribution in [0.3, 0.4) is 0 Å². The average molecular weight is 301 g/mol. The molecule has 1 amide bonds. The molecule has 2 N–H and O–H groups in total. The van der Waals surface area contributed by atoms with Crippen molar-refractivity contribution >= 4 is 5.91 Å². The van der Waals surface area contributed by atoms with Gasteiger partial charge in [-0.05, 0) is 45.3 Å². The van der Waals surface area contributed by atoms with E-state index in [1.54, 1.807) is 14.2 Å². The lowest BCUT2D eigenvalue weighted by atomic mass is 9.95. The summed E-state index contributed by atoms with van der Waals surface area (Å²) >= 11 is 0. The van der Waals surface area contributed by atoms with Gasteiger partial charge in [0, 0.05) is 27.3 Å². The minimum Gasteiger partial charge on any atom is -0.383 e. The summed E-state index contributed by atoms with van der Waals surface area (Å²) in [5.74, 6) is 0.811. The molecule has 0 aromatic heterocycles. The second kappa shape index (κ2) is 11.0. The van der Waals surface area contributed by atoms with Crippen LogP contribution in [0, 0.1) is 5.92 Å². The number of carbonyl (C=O) groups excluding carboxylic acids is 1. The number of ether oxygens (including phenoxy) is 2. The van der Waals surface area contributed by atoms with Crippen molar-refractivity contribution in [2.45, 2.75) is 25.8 Å². The van der Waals surface area contributed by atoms with Crippen LogP contribution in [-0.4, -0.2) is 77.0 Å². The Bertz CT molecular complexity index is 281. The molecule has 1 heterocycles. The van der Waals surface area contributed by atoms with Gasteiger partial charge in [-0.25, -0.2) is 0 Å². The number of nitrogens with one attached hydrogen (secondary N) is 2. The molecular weight excluding hydrogens is 270 g/mol. The molecule has 0 aromatic carbocycles. The molecule has 1 atom stereocenters. The van der Waals surface area contributed by atoms with Gasteiger partial charge in [0.15, 0.2) is 0 Å². The van der Waals surface area contributed by atoms with E-state index < -0.39 is 0 Å². The van der Waals surface area contributed by atoms with Crippen LogP contribution in [0.5, 0.6) is 0 Å². The molecule has 0 aliphatic carbocycles. The van der Waals surface area contributed by atoms with Crippen molar-refractivity contribution in [3.63, 3.8) is 0 Å². The highest BCUT2D eigenvalue weighted by atomic mass is 16.5. The Balaban J connectivity index is 2.17. The van der Waals surface area contributed by atoms with E-state index in [1.165, 1.54) is 0 Å². The van der Waals surface area contributed by atoms with Crippen molar-refractivity contribution in [2.75, 3.05) is 60.2 Å². The second-order valence-electron chi connectivity index (χ2n) is 5.64. The fourth-order valence-electron chi connectivity index (χ4n) is 2.61. The van der Waals surface area contributed by atoms with E-state index in [1.807, 2.05) is 6.92 Å². The molecule has 1 aliphatic rings. The fourth-order valence-corrected chi connectivity index (χ4v) is 2.61. The zero-order valence-electron chi connectivity index (χ0n) is 13.7. The molecule has 6 heteroatoms. The lowest BCUT2D eigenvalue weighted by Crippen LogP contribution is -2.49. The van der Waals surface area contributed by atoms with E-state index in [0.717, 1.165) is 45.6 Å². The van der Waals surface area contributed by atoms with Gasteiger partial charge < -0.3 is 20.1 Å². The summed E-state index contributed by atoms with van der Waals surface area (Å²) in [4.78, 5) is 14.3. The van der Waals surface area contributed by atoms with Gasteiger partial charge in [-0.1, -0.05) is 0 Å². The number of hydrogen-bond acceptors (Lipinski definition) is 5. The van der Waals surface area contributed by atoms with Gasteiger partial charge >= 0.3 is 0 Å². The number of likely N-dealkylation sites (tertiary alicyclic amines) is 1. The first-order chi connectivity index (χ1) is 10.2. The van der Waals surface area contributed by atoms with Gasteiger partial charge in [-0.15, -0.1) is 0 Å². The van der Waals surface area contributed by atoms with Gasteiger partial charge in [0.1, 0.15) is 0 Å². The minimum atomic E-state index is -0.0516. The van der Waals surface area contributed by atoms with Crippen molar-refractivity contribution in [2.24, 2.45) is 5.92 Å². The molecule has 0 bridgehead atoms. The van der Waals surface area contributed by atoms with E-state index in [-0.39, 0.29) is 11.9 Å². The maximum absolute atomic E-state index is 12.0. The van der Waals surface area contributed by atoms with Crippen molar-refractivity contribution in [1.82, 2.24) is 15.5 Å². The van der Waals surface area contributed by atoms with E-state index >= 15 is 0 Å². The van der Waals surface area contributed by atoms with Crippen LogP contribution < -0.4 is 10.6 Å². The molecule has 0 radical (unpaired) electrons. The van der Waals surface area contributed by atoms with Crippen LogP contribution in [0.4, 0.5) is 0 Å². The molecule has 124 valence electrons. The topological polar surface area (TPSA) is 62.8 Å². The third kappa shape index (κ3) is 7.22. The molecule has 1 unspecified atom stereocenters. The summed E-state index contributed by atoms with van der Waals surface area (Å²) in [5, 5.41) is 6.33. The third-order valence-corrected chi connectivity index (χ3v) is 4.10. The molecule has 6 nitrogen and oxygen atoms in total. The fraction of sp³-hybridized carbons (Fsp3) is 0.933. The summed E-state index contributed by atoms with van der Waals surface area (Å²) in [7, 11) is 3.36. The van der Waals surface area contributed by atoms with Crippen LogP contribution in [0.2, 0.25) is 0 Å². The first kappa shape index (κ1) is 18.4. The highest BCUT2D eigenvalue weighted by Crippen LogP contribution is 2.18. The van der Waals surface area contributed by atoms with Crippen LogP contribution in [0.25, 0.3) is 0 Å². The van der Waals surface area contributed by atoms with E-state index in [9.17, 15) is 4.79 Å². The predicted molar refractivity (Wildman–Crippen MR) is 83.4 cm³/mol. The number of methoxy groups -OCH3 is 2. The summed E-state index contributed by atoms with van der Waals surface area (Å²) in [6, 6.07) is -0.0516. The lowest BCUT2D eigenvalue weighted by molar-refractivity contribution is -0.126. The molecule has 0 spiro atoms. The van der Waals surface area contributed by atoms with Crippen LogP contribution >= 0.6 is 0 Å². The quantitative estimate of drug-likeness (QED) is 0.560. The van der Waals surface area contributed by atoms with Crippen LogP contribution in [0.1, 0.15) is 19.8 Å². The van der Waals surface area contributed by atoms with Crippen molar-refractivity contribution < 1.29 is 14.3 Å². The maximum Gasteiger partial charge on any atom is 0.237 e. The number of nitrogens with zero attached hydrogens (tertiary/aromatic N) is 1. The lowest BCUT2D eigenvalue weighted by Gasteiger charge is -2.35. The maximum atomic E-state index is 12.0. The Hall–Kier alpha value is -0.690. The van der Waals surface area contributed by atoms with E-state index in [4.69, 9.17) is 9.47 Å². The van der Waals surface area contributed by atoms with E-state index in [0.29, 0.717) is 19.1 Å². The minimum absolute atomic E-state index is 0.0516. The molecule has 1 rings (SSSR count). The molecular formula is C15H31N3O3. The average Bonchev–Trinajstić information content (AvgIpc) is 2.51. The Morgan fingerprint density at radius 3 is 2.43 bits per heavy atom.